The maximum atomic E-state index is 12.1. The average Bonchev–Trinajstić information content (AvgIpc) is 2.54. The highest BCUT2D eigenvalue weighted by Crippen LogP contribution is 2.17. The van der Waals surface area contributed by atoms with Crippen LogP contribution < -0.4 is 16.0 Å². The second-order valence-corrected chi connectivity index (χ2v) is 6.44. The molecule has 2 amide bonds. The number of benzene rings is 2. The summed E-state index contributed by atoms with van der Waals surface area (Å²) in [5.41, 5.74) is 4.55. The summed E-state index contributed by atoms with van der Waals surface area (Å²) in [6, 6.07) is 13.2. The molecular formula is C20H25N3O2. The molecule has 2 aromatic carbocycles. The van der Waals surface area contributed by atoms with Gasteiger partial charge < -0.3 is 16.0 Å². The van der Waals surface area contributed by atoms with Crippen molar-refractivity contribution < 1.29 is 9.59 Å². The molecule has 0 aliphatic rings. The highest BCUT2D eigenvalue weighted by molar-refractivity contribution is 5.96. The van der Waals surface area contributed by atoms with Crippen molar-refractivity contribution in [3.8, 4) is 0 Å². The lowest BCUT2D eigenvalue weighted by Crippen LogP contribution is -2.22. The maximum absolute atomic E-state index is 12.1. The molecule has 0 radical (unpaired) electrons. The van der Waals surface area contributed by atoms with Gasteiger partial charge in [-0.1, -0.05) is 37.6 Å². The first-order chi connectivity index (χ1) is 11.8. The van der Waals surface area contributed by atoms with Crippen molar-refractivity contribution in [3.05, 3.63) is 53.6 Å². The van der Waals surface area contributed by atoms with Gasteiger partial charge in [-0.3, -0.25) is 9.59 Å². The van der Waals surface area contributed by atoms with Crippen LogP contribution in [0.3, 0.4) is 0 Å². The van der Waals surface area contributed by atoms with E-state index in [9.17, 15) is 9.59 Å². The fourth-order valence-electron chi connectivity index (χ4n) is 2.35. The molecule has 3 N–H and O–H groups in total. The molecule has 0 unspecified atom stereocenters. The van der Waals surface area contributed by atoms with Crippen LogP contribution in [0.2, 0.25) is 0 Å². The Morgan fingerprint density at radius 2 is 1.64 bits per heavy atom. The van der Waals surface area contributed by atoms with E-state index in [2.05, 4.69) is 22.0 Å². The van der Waals surface area contributed by atoms with Crippen LogP contribution in [0.25, 0.3) is 0 Å². The Morgan fingerprint density at radius 3 is 2.28 bits per heavy atom. The summed E-state index contributed by atoms with van der Waals surface area (Å²) in [4.78, 5) is 23.9. The number of amides is 2. The molecular weight excluding hydrogens is 314 g/mol. The van der Waals surface area contributed by atoms with Gasteiger partial charge in [-0.25, -0.2) is 0 Å². The number of hydrogen-bond acceptors (Lipinski definition) is 3. The fraction of sp³-hybridized carbons (Fsp3) is 0.300. The van der Waals surface area contributed by atoms with E-state index in [0.29, 0.717) is 11.4 Å². The number of carbonyl (C=O) groups is 2. The van der Waals surface area contributed by atoms with Crippen molar-refractivity contribution in [1.29, 1.82) is 0 Å². The lowest BCUT2D eigenvalue weighted by Gasteiger charge is -2.12. The molecule has 0 saturated heterocycles. The number of rotatable bonds is 6. The van der Waals surface area contributed by atoms with Crippen molar-refractivity contribution in [2.75, 3.05) is 22.5 Å². The smallest absolute Gasteiger partial charge is 0.243 e. The minimum Gasteiger partial charge on any atom is -0.376 e. The van der Waals surface area contributed by atoms with Gasteiger partial charge in [-0.05, 0) is 43.7 Å². The third kappa shape index (κ3) is 5.64. The van der Waals surface area contributed by atoms with E-state index in [0.717, 1.165) is 11.3 Å². The molecule has 0 bridgehead atoms. The molecule has 2 rings (SSSR count). The number of carbonyl (C=O) groups excluding carboxylic acids is 2. The Kier molecular flexibility index (Phi) is 6.17. The van der Waals surface area contributed by atoms with Gasteiger partial charge in [0.1, 0.15) is 0 Å². The SMILES string of the molecule is Cc1ccc(NCC(=O)Nc2cccc(NC(=O)C(C)C)c2)c(C)c1. The summed E-state index contributed by atoms with van der Waals surface area (Å²) in [7, 11) is 0. The van der Waals surface area contributed by atoms with E-state index in [4.69, 9.17) is 0 Å². The molecule has 0 heterocycles. The van der Waals surface area contributed by atoms with Gasteiger partial charge in [-0.15, -0.1) is 0 Å². The Labute approximate surface area is 148 Å². The Balaban J connectivity index is 1.93. The van der Waals surface area contributed by atoms with Gasteiger partial charge in [0.05, 0.1) is 6.54 Å². The van der Waals surface area contributed by atoms with Crippen molar-refractivity contribution in [3.63, 3.8) is 0 Å². The lowest BCUT2D eigenvalue weighted by molar-refractivity contribution is -0.119. The summed E-state index contributed by atoms with van der Waals surface area (Å²) < 4.78 is 0. The molecule has 5 heteroatoms. The van der Waals surface area contributed by atoms with E-state index < -0.39 is 0 Å². The largest absolute Gasteiger partial charge is 0.376 e. The molecule has 0 fully saturated rings. The van der Waals surface area contributed by atoms with Crippen LogP contribution in [0.5, 0.6) is 0 Å². The van der Waals surface area contributed by atoms with Crippen LogP contribution in [0.1, 0.15) is 25.0 Å². The molecule has 132 valence electrons. The number of hydrogen-bond donors (Lipinski definition) is 3. The zero-order chi connectivity index (χ0) is 18.4. The number of anilines is 3. The third-order valence-electron chi connectivity index (χ3n) is 3.76. The van der Waals surface area contributed by atoms with Crippen molar-refractivity contribution in [2.45, 2.75) is 27.7 Å². The van der Waals surface area contributed by atoms with Crippen molar-refractivity contribution in [2.24, 2.45) is 5.92 Å². The quantitative estimate of drug-likeness (QED) is 0.746. The highest BCUT2D eigenvalue weighted by Gasteiger charge is 2.08. The predicted molar refractivity (Wildman–Crippen MR) is 103 cm³/mol. The van der Waals surface area contributed by atoms with Crippen molar-refractivity contribution in [1.82, 2.24) is 0 Å². The number of aryl methyl sites for hydroxylation is 2. The Morgan fingerprint density at radius 1 is 0.960 bits per heavy atom. The minimum absolute atomic E-state index is 0.0556. The summed E-state index contributed by atoms with van der Waals surface area (Å²) in [6.07, 6.45) is 0. The first-order valence-corrected chi connectivity index (χ1v) is 8.37. The summed E-state index contributed by atoms with van der Waals surface area (Å²) in [5, 5.41) is 8.79. The van der Waals surface area contributed by atoms with E-state index in [-0.39, 0.29) is 24.3 Å². The molecule has 0 spiro atoms. The minimum atomic E-state index is -0.146. The van der Waals surface area contributed by atoms with Crippen LogP contribution in [0.15, 0.2) is 42.5 Å². The monoisotopic (exact) mass is 339 g/mol. The fourth-order valence-corrected chi connectivity index (χ4v) is 2.35. The Bertz CT molecular complexity index is 769. The molecule has 0 aliphatic carbocycles. The van der Waals surface area contributed by atoms with Crippen LogP contribution in [-0.2, 0) is 9.59 Å². The number of nitrogens with one attached hydrogen (secondary N) is 3. The van der Waals surface area contributed by atoms with Gasteiger partial charge in [-0.2, -0.15) is 0 Å². The van der Waals surface area contributed by atoms with E-state index in [1.54, 1.807) is 24.3 Å². The Hall–Kier alpha value is -2.82. The van der Waals surface area contributed by atoms with Crippen LogP contribution in [0, 0.1) is 19.8 Å². The average molecular weight is 339 g/mol. The lowest BCUT2D eigenvalue weighted by atomic mass is 10.1. The van der Waals surface area contributed by atoms with Crippen LogP contribution in [-0.4, -0.2) is 18.4 Å². The molecule has 0 saturated carbocycles. The van der Waals surface area contributed by atoms with Crippen molar-refractivity contribution >= 4 is 28.9 Å². The van der Waals surface area contributed by atoms with Crippen LogP contribution >= 0.6 is 0 Å². The molecule has 0 atom stereocenters. The molecule has 5 nitrogen and oxygen atoms in total. The summed E-state index contributed by atoms with van der Waals surface area (Å²) in [6.45, 7) is 7.88. The van der Waals surface area contributed by atoms with Gasteiger partial charge >= 0.3 is 0 Å². The van der Waals surface area contributed by atoms with Gasteiger partial charge in [0, 0.05) is 23.0 Å². The zero-order valence-corrected chi connectivity index (χ0v) is 15.1. The molecule has 0 aliphatic heterocycles. The zero-order valence-electron chi connectivity index (χ0n) is 15.1. The van der Waals surface area contributed by atoms with E-state index >= 15 is 0 Å². The normalized spacial score (nSPS) is 10.4. The predicted octanol–water partition coefficient (Wildman–Crippen LogP) is 3.95. The van der Waals surface area contributed by atoms with Gasteiger partial charge in [0.15, 0.2) is 0 Å². The summed E-state index contributed by atoms with van der Waals surface area (Å²) in [5.74, 6) is -0.299. The van der Waals surface area contributed by atoms with Gasteiger partial charge in [0.2, 0.25) is 11.8 Å². The first kappa shape index (κ1) is 18.5. The molecule has 25 heavy (non-hydrogen) atoms. The molecule has 2 aromatic rings. The van der Waals surface area contributed by atoms with E-state index in [1.165, 1.54) is 5.56 Å². The second kappa shape index (κ2) is 8.33. The topological polar surface area (TPSA) is 70.2 Å². The standard InChI is InChI=1S/C20H25N3O2/c1-13(2)20(25)23-17-7-5-6-16(11-17)22-19(24)12-21-18-9-8-14(3)10-15(18)4/h5-11,13,21H,12H2,1-4H3,(H,22,24)(H,23,25). The first-order valence-electron chi connectivity index (χ1n) is 8.37. The molecule has 0 aromatic heterocycles. The summed E-state index contributed by atoms with van der Waals surface area (Å²) >= 11 is 0. The maximum Gasteiger partial charge on any atom is 0.243 e. The van der Waals surface area contributed by atoms with Crippen LogP contribution in [0.4, 0.5) is 17.1 Å². The third-order valence-corrected chi connectivity index (χ3v) is 3.76. The van der Waals surface area contributed by atoms with Gasteiger partial charge in [0.25, 0.3) is 0 Å². The second-order valence-electron chi connectivity index (χ2n) is 6.44. The van der Waals surface area contributed by atoms with E-state index in [1.807, 2.05) is 39.8 Å². The highest BCUT2D eigenvalue weighted by atomic mass is 16.2.